The van der Waals surface area contributed by atoms with Gasteiger partial charge in [-0.25, -0.2) is 0 Å². The van der Waals surface area contributed by atoms with Crippen LogP contribution in [-0.2, 0) is 30.5 Å². The maximum atomic E-state index is 14.5. The molecule has 0 spiro atoms. The molecule has 0 radical (unpaired) electrons. The van der Waals surface area contributed by atoms with Gasteiger partial charge in [0.25, 0.3) is 11.8 Å². The topological polar surface area (TPSA) is 145 Å². The number of amides is 5. The van der Waals surface area contributed by atoms with E-state index in [1.165, 1.54) is 6.08 Å². The number of carbonyl (C=O) groups excluding carboxylic acids is 6. The Morgan fingerprint density at radius 1 is 1.02 bits per heavy atom. The minimum atomic E-state index is -1.02. The fourth-order valence-electron chi connectivity index (χ4n) is 7.66. The van der Waals surface area contributed by atoms with Gasteiger partial charge in [-0.3, -0.25) is 28.8 Å². The number of Topliss-reactive ketones (excluding diaryl/α,β-unsaturated/α-hetero) is 1. The van der Waals surface area contributed by atoms with E-state index in [-0.39, 0.29) is 65.8 Å². The summed E-state index contributed by atoms with van der Waals surface area (Å²) in [5.41, 5.74) is 0.460. The summed E-state index contributed by atoms with van der Waals surface area (Å²) < 4.78 is 0. The first-order chi connectivity index (χ1) is 23.2. The van der Waals surface area contributed by atoms with Gasteiger partial charge in [-0.05, 0) is 46.1 Å². The quantitative estimate of drug-likeness (QED) is 0.200. The molecule has 11 heteroatoms. The first-order valence-corrected chi connectivity index (χ1v) is 17.9. The summed E-state index contributed by atoms with van der Waals surface area (Å²) in [6.45, 7) is 22.7. The Labute approximate surface area is 297 Å². The van der Waals surface area contributed by atoms with Crippen molar-refractivity contribution < 1.29 is 28.8 Å². The number of piperidine rings is 1. The van der Waals surface area contributed by atoms with Crippen LogP contribution >= 0.6 is 0 Å². The highest BCUT2D eigenvalue weighted by Crippen LogP contribution is 2.65. The van der Waals surface area contributed by atoms with Gasteiger partial charge in [0, 0.05) is 38.2 Å². The van der Waals surface area contributed by atoms with Gasteiger partial charge in [0.2, 0.25) is 23.5 Å². The molecule has 0 bridgehead atoms. The number of hydrogen-bond donors (Lipinski definition) is 3. The van der Waals surface area contributed by atoms with E-state index in [2.05, 4.69) is 36.4 Å². The second kappa shape index (κ2) is 14.7. The standard InChI is InChI=1S/C39H57N5O6/c1-11-15-27(32(46)34(48)40-18-12-2)41-33(47)31-30-26(39(30,9)10)21-44(31)36(50)25(37(3,4)5)19-29(45)42-28(38(6,7)8)22-43-20-23-16-13-14-17-24(23)35(43)49/h12-14,16-17,25-28,30-31H,2,11,15,18-22H2,1,3-10H3,(H,40,48)(H,41,47)(H,42,45)/t25-,26+,27?,28-,30+,31+/m1/s1. The summed E-state index contributed by atoms with van der Waals surface area (Å²) in [4.78, 5) is 84.4. The lowest BCUT2D eigenvalue weighted by Crippen LogP contribution is -2.57. The minimum absolute atomic E-state index is 0.0630. The lowest BCUT2D eigenvalue weighted by Gasteiger charge is -2.38. The van der Waals surface area contributed by atoms with E-state index in [1.54, 1.807) is 9.80 Å². The molecule has 274 valence electrons. The normalized spacial score (nSPS) is 22.5. The highest BCUT2D eigenvalue weighted by molar-refractivity contribution is 6.38. The number of ketones is 1. The van der Waals surface area contributed by atoms with Crippen LogP contribution in [-0.4, -0.2) is 82.9 Å². The Morgan fingerprint density at radius 2 is 1.68 bits per heavy atom. The minimum Gasteiger partial charge on any atom is -0.351 e. The van der Waals surface area contributed by atoms with Gasteiger partial charge in [-0.15, -0.1) is 6.58 Å². The molecule has 11 nitrogen and oxygen atoms in total. The molecule has 2 aliphatic heterocycles. The molecule has 2 fully saturated rings. The molecule has 50 heavy (non-hydrogen) atoms. The number of nitrogens with one attached hydrogen (secondary N) is 3. The number of carbonyl (C=O) groups is 6. The second-order valence-electron chi connectivity index (χ2n) is 17.1. The van der Waals surface area contributed by atoms with E-state index in [9.17, 15) is 28.8 Å². The summed E-state index contributed by atoms with van der Waals surface area (Å²) in [7, 11) is 0. The number of fused-ring (bicyclic) bond motifs is 2. The van der Waals surface area contributed by atoms with Gasteiger partial charge >= 0.3 is 0 Å². The van der Waals surface area contributed by atoms with Crippen LogP contribution in [0, 0.1) is 34.0 Å². The molecule has 4 rings (SSSR count). The van der Waals surface area contributed by atoms with Crippen molar-refractivity contribution in [2.45, 2.75) is 106 Å². The fourth-order valence-corrected chi connectivity index (χ4v) is 7.66. The van der Waals surface area contributed by atoms with Crippen molar-refractivity contribution in [3.63, 3.8) is 0 Å². The molecule has 2 heterocycles. The van der Waals surface area contributed by atoms with Crippen molar-refractivity contribution in [2.24, 2.45) is 34.0 Å². The highest BCUT2D eigenvalue weighted by Gasteiger charge is 2.69. The van der Waals surface area contributed by atoms with Gasteiger partial charge in [0.05, 0.1) is 18.0 Å². The van der Waals surface area contributed by atoms with Crippen molar-refractivity contribution in [1.29, 1.82) is 0 Å². The summed E-state index contributed by atoms with van der Waals surface area (Å²) in [6.07, 6.45) is 2.22. The number of nitrogens with zero attached hydrogens (tertiary/aromatic N) is 2. The van der Waals surface area contributed by atoms with Crippen LogP contribution in [0.3, 0.4) is 0 Å². The Kier molecular flexibility index (Phi) is 11.4. The lowest BCUT2D eigenvalue weighted by molar-refractivity contribution is -0.149. The molecule has 1 saturated carbocycles. The third kappa shape index (κ3) is 8.13. The molecule has 1 unspecified atom stereocenters. The van der Waals surface area contributed by atoms with E-state index in [0.29, 0.717) is 31.6 Å². The van der Waals surface area contributed by atoms with E-state index < -0.39 is 41.0 Å². The van der Waals surface area contributed by atoms with E-state index in [1.807, 2.05) is 72.7 Å². The summed E-state index contributed by atoms with van der Waals surface area (Å²) in [6, 6.07) is 5.29. The SMILES string of the molecule is C=CCNC(=O)C(=O)C(CCC)NC(=O)[C@@H]1[C@@H]2[C@H](CN1C(=O)[C@@H](CC(=O)N[C@H](CN1Cc3ccccc3C1=O)C(C)(C)C)C(C)(C)C)C2(C)C. The average Bonchev–Trinajstić information content (AvgIpc) is 3.31. The molecule has 6 atom stereocenters. The molecule has 5 amide bonds. The van der Waals surface area contributed by atoms with Gasteiger partial charge in [0.1, 0.15) is 6.04 Å². The molecular formula is C39H57N5O6. The predicted molar refractivity (Wildman–Crippen MR) is 191 cm³/mol. The van der Waals surface area contributed by atoms with Crippen LogP contribution in [0.2, 0.25) is 0 Å². The monoisotopic (exact) mass is 691 g/mol. The third-order valence-electron chi connectivity index (χ3n) is 11.0. The summed E-state index contributed by atoms with van der Waals surface area (Å²) >= 11 is 0. The van der Waals surface area contributed by atoms with Crippen molar-refractivity contribution >= 4 is 35.3 Å². The first kappa shape index (κ1) is 38.8. The summed E-state index contributed by atoms with van der Waals surface area (Å²) in [5.74, 6) is -3.38. The Morgan fingerprint density at radius 3 is 2.26 bits per heavy atom. The van der Waals surface area contributed by atoms with Crippen LogP contribution in [0.15, 0.2) is 36.9 Å². The van der Waals surface area contributed by atoms with E-state index in [0.717, 1.165) is 5.56 Å². The van der Waals surface area contributed by atoms with Gasteiger partial charge in [-0.1, -0.05) is 93.0 Å². The van der Waals surface area contributed by atoms with Gasteiger partial charge in [0.15, 0.2) is 0 Å². The molecular weight excluding hydrogens is 634 g/mol. The zero-order valence-electron chi connectivity index (χ0n) is 31.4. The van der Waals surface area contributed by atoms with Crippen molar-refractivity contribution in [3.8, 4) is 0 Å². The van der Waals surface area contributed by atoms with Crippen LogP contribution in [0.1, 0.15) is 97.5 Å². The molecule has 1 aromatic rings. The van der Waals surface area contributed by atoms with Crippen molar-refractivity contribution in [2.75, 3.05) is 19.6 Å². The molecule has 3 aliphatic rings. The van der Waals surface area contributed by atoms with Crippen LogP contribution in [0.4, 0.5) is 0 Å². The smallest absolute Gasteiger partial charge is 0.289 e. The molecule has 3 N–H and O–H groups in total. The third-order valence-corrected chi connectivity index (χ3v) is 11.0. The number of rotatable bonds is 14. The zero-order chi connectivity index (χ0) is 37.3. The maximum absolute atomic E-state index is 14.5. The second-order valence-corrected chi connectivity index (χ2v) is 17.1. The Balaban J connectivity index is 1.51. The van der Waals surface area contributed by atoms with Crippen LogP contribution in [0.25, 0.3) is 0 Å². The molecule has 0 aromatic heterocycles. The number of likely N-dealkylation sites (tertiary alicyclic amines) is 1. The summed E-state index contributed by atoms with van der Waals surface area (Å²) in [5, 5.41) is 8.47. The van der Waals surface area contributed by atoms with Gasteiger partial charge in [-0.2, -0.15) is 0 Å². The lowest BCUT2D eigenvalue weighted by atomic mass is 9.77. The molecule has 1 saturated heterocycles. The largest absolute Gasteiger partial charge is 0.351 e. The fraction of sp³-hybridized carbons (Fsp3) is 0.641. The van der Waals surface area contributed by atoms with E-state index in [4.69, 9.17) is 0 Å². The maximum Gasteiger partial charge on any atom is 0.289 e. The van der Waals surface area contributed by atoms with Crippen molar-refractivity contribution in [3.05, 3.63) is 48.0 Å². The van der Waals surface area contributed by atoms with E-state index >= 15 is 0 Å². The van der Waals surface area contributed by atoms with Crippen LogP contribution < -0.4 is 16.0 Å². The van der Waals surface area contributed by atoms with Crippen molar-refractivity contribution in [1.82, 2.24) is 25.8 Å². The molecule has 1 aromatic carbocycles. The number of hydrogen-bond acceptors (Lipinski definition) is 6. The Bertz CT molecular complexity index is 1520. The average molecular weight is 692 g/mol. The number of benzene rings is 1. The van der Waals surface area contributed by atoms with Gasteiger partial charge < -0.3 is 25.8 Å². The molecule has 1 aliphatic carbocycles. The highest BCUT2D eigenvalue weighted by atomic mass is 16.2. The Hall–Kier alpha value is -4.02. The first-order valence-electron chi connectivity index (χ1n) is 17.9. The predicted octanol–water partition coefficient (Wildman–Crippen LogP) is 3.86. The van der Waals surface area contributed by atoms with Crippen LogP contribution in [0.5, 0.6) is 0 Å². The zero-order valence-corrected chi connectivity index (χ0v) is 31.4.